The molecule has 0 saturated heterocycles. The van der Waals surface area contributed by atoms with E-state index in [-0.39, 0.29) is 11.9 Å². The van der Waals surface area contributed by atoms with E-state index in [0.717, 1.165) is 5.69 Å². The van der Waals surface area contributed by atoms with Crippen LogP contribution in [0, 0.1) is 5.92 Å². The lowest BCUT2D eigenvalue weighted by molar-refractivity contribution is -0.144. The molecule has 3 nitrogen and oxygen atoms in total. The second-order valence-electron chi connectivity index (χ2n) is 3.98. The number of halogens is 1. The monoisotopic (exact) mass is 267 g/mol. The van der Waals surface area contributed by atoms with E-state index in [1.807, 2.05) is 19.1 Å². The first-order valence-electron chi connectivity index (χ1n) is 5.89. The first kappa shape index (κ1) is 14.6. The van der Waals surface area contributed by atoms with E-state index in [1.54, 1.807) is 25.1 Å². The molecule has 1 rings (SSSR count). The lowest BCUT2D eigenvalue weighted by atomic mass is 10.0. The topological polar surface area (TPSA) is 38.3 Å². The maximum atomic E-state index is 11.9. The maximum Gasteiger partial charge on any atom is 0.329 e. The number of rotatable bonds is 6. The van der Waals surface area contributed by atoms with Crippen molar-refractivity contribution < 1.29 is 9.53 Å². The summed E-state index contributed by atoms with van der Waals surface area (Å²) in [5.74, 6) is -0.306. The van der Waals surface area contributed by atoms with Gasteiger partial charge in [0.1, 0.15) is 6.04 Å². The zero-order valence-corrected chi connectivity index (χ0v) is 11.4. The Morgan fingerprint density at radius 1 is 1.50 bits per heavy atom. The van der Waals surface area contributed by atoms with Crippen LogP contribution < -0.4 is 5.32 Å². The van der Waals surface area contributed by atoms with Crippen LogP contribution in [0.1, 0.15) is 13.8 Å². The molecule has 0 aliphatic carbocycles. The van der Waals surface area contributed by atoms with Gasteiger partial charge in [0, 0.05) is 16.6 Å². The maximum absolute atomic E-state index is 11.9. The Labute approximate surface area is 113 Å². The lowest BCUT2D eigenvalue weighted by Gasteiger charge is -2.22. The van der Waals surface area contributed by atoms with E-state index in [0.29, 0.717) is 11.6 Å². The molecule has 1 aromatic carbocycles. The van der Waals surface area contributed by atoms with E-state index in [1.165, 1.54) is 0 Å². The summed E-state index contributed by atoms with van der Waals surface area (Å²) < 4.78 is 5.05. The van der Waals surface area contributed by atoms with Crippen molar-refractivity contribution in [3.63, 3.8) is 0 Å². The third-order valence-corrected chi connectivity index (χ3v) is 2.86. The Kier molecular flexibility index (Phi) is 5.72. The SMILES string of the molecule is C=C[C@H](C)[C@@H](Nc1ccc(Cl)cc1)C(=O)OCC. The van der Waals surface area contributed by atoms with Crippen LogP contribution in [0.5, 0.6) is 0 Å². The van der Waals surface area contributed by atoms with Crippen molar-refractivity contribution in [2.75, 3.05) is 11.9 Å². The Bertz CT molecular complexity index is 403. The zero-order chi connectivity index (χ0) is 13.5. The molecule has 0 fully saturated rings. The van der Waals surface area contributed by atoms with Gasteiger partial charge >= 0.3 is 5.97 Å². The number of benzene rings is 1. The van der Waals surface area contributed by atoms with Crippen LogP contribution in [0.2, 0.25) is 5.02 Å². The first-order valence-corrected chi connectivity index (χ1v) is 6.27. The largest absolute Gasteiger partial charge is 0.464 e. The van der Waals surface area contributed by atoms with Gasteiger partial charge in [0.2, 0.25) is 0 Å². The molecule has 98 valence electrons. The van der Waals surface area contributed by atoms with Gasteiger partial charge < -0.3 is 10.1 Å². The van der Waals surface area contributed by atoms with Gasteiger partial charge in [-0.25, -0.2) is 4.79 Å². The molecule has 0 bridgehead atoms. The standard InChI is InChI=1S/C14H18ClNO2/c1-4-10(3)13(14(17)18-5-2)16-12-8-6-11(15)7-9-12/h4,6-10,13,16H,1,5H2,2-3H3/t10-,13+/m0/s1. The highest BCUT2D eigenvalue weighted by atomic mass is 35.5. The number of ether oxygens (including phenoxy) is 1. The summed E-state index contributed by atoms with van der Waals surface area (Å²) in [6, 6.07) is 6.74. The van der Waals surface area contributed by atoms with Crippen molar-refractivity contribution in [2.45, 2.75) is 19.9 Å². The van der Waals surface area contributed by atoms with Gasteiger partial charge in [0.25, 0.3) is 0 Å². The highest BCUT2D eigenvalue weighted by molar-refractivity contribution is 6.30. The molecule has 0 heterocycles. The molecule has 0 radical (unpaired) electrons. The summed E-state index contributed by atoms with van der Waals surface area (Å²) in [6.07, 6.45) is 1.73. The van der Waals surface area contributed by atoms with Crippen LogP contribution in [-0.2, 0) is 9.53 Å². The van der Waals surface area contributed by atoms with Gasteiger partial charge in [-0.05, 0) is 31.2 Å². The lowest BCUT2D eigenvalue weighted by Crippen LogP contribution is -2.36. The Hall–Kier alpha value is -1.48. The highest BCUT2D eigenvalue weighted by Gasteiger charge is 2.24. The van der Waals surface area contributed by atoms with Crippen LogP contribution in [0.25, 0.3) is 0 Å². The predicted molar refractivity (Wildman–Crippen MR) is 74.9 cm³/mol. The highest BCUT2D eigenvalue weighted by Crippen LogP contribution is 2.17. The van der Waals surface area contributed by atoms with Crippen molar-refractivity contribution in [1.82, 2.24) is 0 Å². The molecular weight excluding hydrogens is 250 g/mol. The molecule has 2 atom stereocenters. The van der Waals surface area contributed by atoms with E-state index in [2.05, 4.69) is 11.9 Å². The molecule has 4 heteroatoms. The van der Waals surface area contributed by atoms with Crippen molar-refractivity contribution in [3.8, 4) is 0 Å². The minimum absolute atomic E-state index is 0.0280. The average Bonchev–Trinajstić information content (AvgIpc) is 2.37. The van der Waals surface area contributed by atoms with E-state index in [9.17, 15) is 4.79 Å². The molecule has 0 saturated carbocycles. The second kappa shape index (κ2) is 7.07. The fourth-order valence-electron chi connectivity index (χ4n) is 1.50. The van der Waals surface area contributed by atoms with Crippen LogP contribution in [0.15, 0.2) is 36.9 Å². The summed E-state index contributed by atoms with van der Waals surface area (Å²) in [7, 11) is 0. The average molecular weight is 268 g/mol. The normalized spacial score (nSPS) is 13.5. The fourth-order valence-corrected chi connectivity index (χ4v) is 1.62. The predicted octanol–water partition coefficient (Wildman–Crippen LogP) is 3.51. The molecule has 1 N–H and O–H groups in total. The van der Waals surface area contributed by atoms with Gasteiger partial charge in [0.15, 0.2) is 0 Å². The first-order chi connectivity index (χ1) is 8.58. The summed E-state index contributed by atoms with van der Waals surface area (Å²) in [4.78, 5) is 11.9. The van der Waals surface area contributed by atoms with E-state index < -0.39 is 6.04 Å². The van der Waals surface area contributed by atoms with Crippen LogP contribution in [-0.4, -0.2) is 18.6 Å². The van der Waals surface area contributed by atoms with Gasteiger partial charge in [-0.1, -0.05) is 24.6 Å². The minimum atomic E-state index is -0.441. The van der Waals surface area contributed by atoms with Gasteiger partial charge in [-0.15, -0.1) is 6.58 Å². The summed E-state index contributed by atoms with van der Waals surface area (Å²) >= 11 is 5.81. The van der Waals surface area contributed by atoms with Crippen molar-refractivity contribution >= 4 is 23.3 Å². The third-order valence-electron chi connectivity index (χ3n) is 2.60. The molecule has 1 aromatic rings. The fraction of sp³-hybridized carbons (Fsp3) is 0.357. The number of nitrogens with one attached hydrogen (secondary N) is 1. The van der Waals surface area contributed by atoms with E-state index in [4.69, 9.17) is 16.3 Å². The van der Waals surface area contributed by atoms with Gasteiger partial charge in [0.05, 0.1) is 6.61 Å². The van der Waals surface area contributed by atoms with Crippen molar-refractivity contribution in [3.05, 3.63) is 41.9 Å². The number of hydrogen-bond acceptors (Lipinski definition) is 3. The molecule has 0 spiro atoms. The van der Waals surface area contributed by atoms with E-state index >= 15 is 0 Å². The number of esters is 1. The number of carbonyl (C=O) groups excluding carboxylic acids is 1. The minimum Gasteiger partial charge on any atom is -0.464 e. The second-order valence-corrected chi connectivity index (χ2v) is 4.41. The summed E-state index contributed by atoms with van der Waals surface area (Å²) in [6.45, 7) is 7.78. The quantitative estimate of drug-likeness (QED) is 0.633. The molecule has 0 aliphatic heterocycles. The number of hydrogen-bond donors (Lipinski definition) is 1. The smallest absolute Gasteiger partial charge is 0.329 e. The Morgan fingerprint density at radius 2 is 2.11 bits per heavy atom. The number of carbonyl (C=O) groups is 1. The molecule has 18 heavy (non-hydrogen) atoms. The zero-order valence-electron chi connectivity index (χ0n) is 10.7. The van der Waals surface area contributed by atoms with Gasteiger partial charge in [-0.3, -0.25) is 0 Å². The summed E-state index contributed by atoms with van der Waals surface area (Å²) in [5, 5.41) is 3.79. The van der Waals surface area contributed by atoms with Crippen molar-refractivity contribution in [1.29, 1.82) is 0 Å². The van der Waals surface area contributed by atoms with Crippen LogP contribution in [0.3, 0.4) is 0 Å². The van der Waals surface area contributed by atoms with Crippen molar-refractivity contribution in [2.24, 2.45) is 5.92 Å². The molecule has 0 aliphatic rings. The third kappa shape index (κ3) is 4.08. The Balaban J connectivity index is 2.80. The van der Waals surface area contributed by atoms with Gasteiger partial charge in [-0.2, -0.15) is 0 Å². The number of anilines is 1. The molecule has 0 aromatic heterocycles. The van der Waals surface area contributed by atoms with Crippen LogP contribution in [0.4, 0.5) is 5.69 Å². The summed E-state index contributed by atoms with van der Waals surface area (Å²) in [5.41, 5.74) is 0.825. The molecule has 0 unspecified atom stereocenters. The molecular formula is C14H18ClNO2. The van der Waals surface area contributed by atoms with Crippen LogP contribution >= 0.6 is 11.6 Å². The Morgan fingerprint density at radius 3 is 2.61 bits per heavy atom. The molecule has 0 amide bonds.